The fourth-order valence-electron chi connectivity index (χ4n) is 8.66. The molecule has 0 radical (unpaired) electrons. The monoisotopic (exact) mass is 732 g/mol. The number of carbonyl (C=O) groups excluding carboxylic acids is 4. The van der Waals surface area contributed by atoms with Crippen molar-refractivity contribution in [3.8, 4) is 17.0 Å². The van der Waals surface area contributed by atoms with E-state index in [9.17, 15) is 19.2 Å². The fourth-order valence-corrected chi connectivity index (χ4v) is 8.66. The van der Waals surface area contributed by atoms with Crippen molar-refractivity contribution in [1.82, 2.24) is 29.6 Å². The fraction of sp³-hybridized carbons (Fsp3) is 0.439. The molecule has 3 saturated heterocycles. The third kappa shape index (κ3) is 6.99. The number of rotatable bonds is 11. The Morgan fingerprint density at radius 1 is 0.852 bits per heavy atom. The van der Waals surface area contributed by atoms with Crippen molar-refractivity contribution >= 4 is 40.2 Å². The molecule has 282 valence electrons. The van der Waals surface area contributed by atoms with E-state index in [0.29, 0.717) is 29.5 Å². The number of imide groups is 2. The maximum Gasteiger partial charge on any atom is 0.262 e. The molecule has 4 amide bonds. The number of fused-ring (bicyclic) bond motifs is 2. The Hall–Kier alpha value is -5.11. The summed E-state index contributed by atoms with van der Waals surface area (Å²) in [4.78, 5) is 63.4. The molecule has 0 aliphatic carbocycles. The first-order chi connectivity index (χ1) is 26.3. The standard InChI is InChI=1S/C41H48N8O5/c1-54-39-30(4-2-14-43-39)34-26-48(15-3-13-42)35-8-5-28(22-32(34)35)25-45-16-11-27(12-17-45)24-46-18-20-47(21-19-46)29-6-7-31-33(23-29)41(53)49(40(31)52)36-9-10-37(50)44-38(36)51/h2,4-8,14,22-23,26-27,36H,3,9-13,15-21,24-25,42H2,1H3,(H,44,50,51). The predicted molar refractivity (Wildman–Crippen MR) is 205 cm³/mol. The van der Waals surface area contributed by atoms with E-state index in [-0.39, 0.29) is 18.7 Å². The van der Waals surface area contributed by atoms with Crippen LogP contribution in [0.15, 0.2) is 60.9 Å². The number of methoxy groups -OCH3 is 1. The number of likely N-dealkylation sites (tertiary alicyclic amines) is 1. The maximum absolute atomic E-state index is 13.3. The first-order valence-electron chi connectivity index (χ1n) is 19.2. The van der Waals surface area contributed by atoms with Gasteiger partial charge >= 0.3 is 0 Å². The van der Waals surface area contributed by atoms with Crippen molar-refractivity contribution in [2.75, 3.05) is 64.4 Å². The number of hydrogen-bond acceptors (Lipinski definition) is 10. The van der Waals surface area contributed by atoms with Gasteiger partial charge in [0.25, 0.3) is 11.8 Å². The van der Waals surface area contributed by atoms with Crippen LogP contribution in [0.4, 0.5) is 5.69 Å². The smallest absolute Gasteiger partial charge is 0.262 e. The van der Waals surface area contributed by atoms with E-state index >= 15 is 0 Å². The van der Waals surface area contributed by atoms with E-state index in [1.54, 1.807) is 25.4 Å². The second-order valence-electron chi connectivity index (χ2n) is 15.0. The van der Waals surface area contributed by atoms with Crippen molar-refractivity contribution in [2.45, 2.75) is 51.2 Å². The van der Waals surface area contributed by atoms with Gasteiger partial charge < -0.3 is 19.9 Å². The third-order valence-corrected chi connectivity index (χ3v) is 11.6. The molecule has 13 heteroatoms. The molecule has 2 aromatic carbocycles. The lowest BCUT2D eigenvalue weighted by Gasteiger charge is -2.39. The lowest BCUT2D eigenvalue weighted by molar-refractivity contribution is -0.136. The van der Waals surface area contributed by atoms with Gasteiger partial charge in [0.15, 0.2) is 0 Å². The number of ether oxygens (including phenoxy) is 1. The van der Waals surface area contributed by atoms with Gasteiger partial charge in [-0.15, -0.1) is 0 Å². The largest absolute Gasteiger partial charge is 0.481 e. The summed E-state index contributed by atoms with van der Waals surface area (Å²) in [5, 5.41) is 3.46. The number of nitrogens with zero attached hydrogens (tertiary/aromatic N) is 6. The van der Waals surface area contributed by atoms with Gasteiger partial charge in [-0.25, -0.2) is 4.98 Å². The van der Waals surface area contributed by atoms with Gasteiger partial charge in [-0.05, 0) is 99.3 Å². The maximum atomic E-state index is 13.3. The average molecular weight is 733 g/mol. The van der Waals surface area contributed by atoms with E-state index in [0.717, 1.165) is 87.0 Å². The molecule has 1 atom stereocenters. The van der Waals surface area contributed by atoms with Crippen LogP contribution in [0.3, 0.4) is 0 Å². The number of piperazine rings is 1. The molecule has 0 bridgehead atoms. The SMILES string of the molecule is COc1ncccc1-c1cn(CCCN)c2ccc(CN3CCC(CN4CCN(c5ccc6c(c5)C(=O)N(C5CCC(=O)NC5=O)C6=O)CC4)CC3)cc12. The number of pyridine rings is 1. The second-order valence-corrected chi connectivity index (χ2v) is 15.0. The quantitative estimate of drug-likeness (QED) is 0.220. The molecule has 1 unspecified atom stereocenters. The summed E-state index contributed by atoms with van der Waals surface area (Å²) < 4.78 is 7.93. The Kier molecular flexibility index (Phi) is 10.2. The highest BCUT2D eigenvalue weighted by Gasteiger charge is 2.45. The van der Waals surface area contributed by atoms with Crippen molar-refractivity contribution in [3.63, 3.8) is 0 Å². The topological polar surface area (TPSA) is 146 Å². The summed E-state index contributed by atoms with van der Waals surface area (Å²) >= 11 is 0. The predicted octanol–water partition coefficient (Wildman–Crippen LogP) is 3.50. The summed E-state index contributed by atoms with van der Waals surface area (Å²) in [6.45, 7) is 9.18. The first kappa shape index (κ1) is 35.9. The van der Waals surface area contributed by atoms with Crippen molar-refractivity contribution in [3.05, 3.63) is 77.6 Å². The lowest BCUT2D eigenvalue weighted by Crippen LogP contribution is -2.54. The molecule has 0 spiro atoms. The Labute approximate surface area is 315 Å². The normalized spacial score (nSPS) is 20.2. The number of anilines is 1. The molecular weight excluding hydrogens is 685 g/mol. The number of nitrogens with two attached hydrogens (primary N) is 1. The van der Waals surface area contributed by atoms with Gasteiger partial charge in [0, 0.05) is 92.3 Å². The average Bonchev–Trinajstić information content (AvgIpc) is 3.67. The van der Waals surface area contributed by atoms with Crippen LogP contribution in [-0.4, -0.2) is 113 Å². The Morgan fingerprint density at radius 2 is 1.65 bits per heavy atom. The number of carbonyl (C=O) groups is 4. The zero-order chi connectivity index (χ0) is 37.3. The van der Waals surface area contributed by atoms with Crippen LogP contribution in [0.25, 0.3) is 22.0 Å². The van der Waals surface area contributed by atoms with Gasteiger partial charge in [0.05, 0.1) is 18.2 Å². The van der Waals surface area contributed by atoms with E-state index in [4.69, 9.17) is 10.5 Å². The molecule has 8 rings (SSSR count). The minimum absolute atomic E-state index is 0.104. The second kappa shape index (κ2) is 15.3. The number of hydrogen-bond donors (Lipinski definition) is 2. The Morgan fingerprint density at radius 3 is 2.41 bits per heavy atom. The number of piperidine rings is 2. The minimum atomic E-state index is -0.959. The van der Waals surface area contributed by atoms with Crippen LogP contribution in [0, 0.1) is 5.92 Å². The number of amides is 4. The molecule has 54 heavy (non-hydrogen) atoms. The number of nitrogens with one attached hydrogen (secondary N) is 1. The van der Waals surface area contributed by atoms with Gasteiger partial charge in [-0.2, -0.15) is 0 Å². The van der Waals surface area contributed by atoms with E-state index in [2.05, 4.69) is 60.0 Å². The molecule has 4 aliphatic rings. The van der Waals surface area contributed by atoms with Crippen molar-refractivity contribution in [1.29, 1.82) is 0 Å². The summed E-state index contributed by atoms with van der Waals surface area (Å²) in [5.74, 6) is -0.640. The highest BCUT2D eigenvalue weighted by atomic mass is 16.5. The summed E-state index contributed by atoms with van der Waals surface area (Å²) in [6.07, 6.45) is 7.47. The lowest BCUT2D eigenvalue weighted by atomic mass is 9.95. The van der Waals surface area contributed by atoms with Gasteiger partial charge in [0.1, 0.15) is 6.04 Å². The van der Waals surface area contributed by atoms with Gasteiger partial charge in [-0.3, -0.25) is 39.2 Å². The molecule has 3 N–H and O–H groups in total. The summed E-state index contributed by atoms with van der Waals surface area (Å²) in [5.41, 5.74) is 12.0. The van der Waals surface area contributed by atoms with Crippen molar-refractivity contribution in [2.24, 2.45) is 11.7 Å². The van der Waals surface area contributed by atoms with Crippen LogP contribution < -0.4 is 20.7 Å². The van der Waals surface area contributed by atoms with E-state index in [1.165, 1.54) is 29.3 Å². The summed E-state index contributed by atoms with van der Waals surface area (Å²) in [7, 11) is 1.67. The zero-order valence-corrected chi connectivity index (χ0v) is 30.8. The number of aromatic nitrogens is 2. The van der Waals surface area contributed by atoms with Gasteiger partial charge in [-0.1, -0.05) is 6.07 Å². The van der Waals surface area contributed by atoms with Crippen LogP contribution in [0.1, 0.15) is 58.4 Å². The van der Waals surface area contributed by atoms with Crippen LogP contribution >= 0.6 is 0 Å². The third-order valence-electron chi connectivity index (χ3n) is 11.6. The molecule has 6 heterocycles. The molecule has 0 saturated carbocycles. The minimum Gasteiger partial charge on any atom is -0.481 e. The molecule has 13 nitrogen and oxygen atoms in total. The van der Waals surface area contributed by atoms with E-state index < -0.39 is 23.8 Å². The molecule has 4 aliphatic heterocycles. The Bertz CT molecular complexity index is 2080. The van der Waals surface area contributed by atoms with Crippen molar-refractivity contribution < 1.29 is 23.9 Å². The highest BCUT2D eigenvalue weighted by Crippen LogP contribution is 2.37. The zero-order valence-electron chi connectivity index (χ0n) is 30.8. The van der Waals surface area contributed by atoms with E-state index in [1.807, 2.05) is 12.1 Å². The van der Waals surface area contributed by atoms with Gasteiger partial charge in [0.2, 0.25) is 17.7 Å². The Balaban J connectivity index is 0.848. The number of aryl methyl sites for hydroxylation is 1. The molecule has 4 aromatic rings. The molecule has 3 fully saturated rings. The van der Waals surface area contributed by atoms with Crippen LogP contribution in [0.5, 0.6) is 5.88 Å². The first-order valence-corrected chi connectivity index (χ1v) is 19.2. The summed E-state index contributed by atoms with van der Waals surface area (Å²) in [6, 6.07) is 15.3. The van der Waals surface area contributed by atoms with Crippen LogP contribution in [-0.2, 0) is 22.7 Å². The molecule has 2 aromatic heterocycles. The highest BCUT2D eigenvalue weighted by molar-refractivity contribution is 6.23. The number of benzene rings is 2. The van der Waals surface area contributed by atoms with Crippen LogP contribution in [0.2, 0.25) is 0 Å². The molecular formula is C41H48N8O5.